The normalized spacial score (nSPS) is 29.3. The molecule has 0 fully saturated rings. The lowest BCUT2D eigenvalue weighted by Crippen LogP contribution is -2.36. The Kier molecular flexibility index (Phi) is 3.13. The van der Waals surface area contributed by atoms with Crippen LogP contribution in [0.2, 0.25) is 0 Å². The van der Waals surface area contributed by atoms with Gasteiger partial charge in [0.15, 0.2) is 0 Å². The Morgan fingerprint density at radius 2 is 1.00 bits per heavy atom. The van der Waals surface area contributed by atoms with Crippen LogP contribution in [0.4, 0.5) is 0 Å². The van der Waals surface area contributed by atoms with Gasteiger partial charge in [-0.3, -0.25) is 0 Å². The molecule has 1 aliphatic carbocycles. The van der Waals surface area contributed by atoms with Crippen LogP contribution in [0.3, 0.4) is 0 Å². The average molecular weight is 194 g/mol. The Morgan fingerprint density at radius 3 is 1.21 bits per heavy atom. The van der Waals surface area contributed by atoms with Gasteiger partial charge in [0.1, 0.15) is 0 Å². The van der Waals surface area contributed by atoms with Gasteiger partial charge in [-0.05, 0) is 35.5 Å². The Morgan fingerprint density at radius 1 is 0.714 bits per heavy atom. The molecule has 14 heavy (non-hydrogen) atoms. The van der Waals surface area contributed by atoms with Crippen molar-refractivity contribution >= 4 is 0 Å². The molecule has 2 atom stereocenters. The number of hydrogen-bond acceptors (Lipinski definition) is 0. The van der Waals surface area contributed by atoms with Crippen molar-refractivity contribution in [3.05, 3.63) is 12.2 Å². The molecular weight excluding hydrogens is 168 g/mol. The lowest BCUT2D eigenvalue weighted by atomic mass is 9.60. The zero-order valence-corrected chi connectivity index (χ0v) is 10.7. The summed E-state index contributed by atoms with van der Waals surface area (Å²) in [6.07, 6.45) is 7.28. The van der Waals surface area contributed by atoms with Gasteiger partial charge in [0, 0.05) is 0 Å². The molecule has 82 valence electrons. The molecule has 0 spiro atoms. The molecule has 0 heteroatoms. The van der Waals surface area contributed by atoms with Crippen molar-refractivity contribution in [1.29, 1.82) is 0 Å². The molecule has 0 nitrogen and oxygen atoms in total. The molecular formula is C14H26. The highest BCUT2D eigenvalue weighted by molar-refractivity contribution is 5.00. The van der Waals surface area contributed by atoms with Crippen LogP contribution in [0.15, 0.2) is 12.2 Å². The van der Waals surface area contributed by atoms with E-state index in [0.29, 0.717) is 10.8 Å². The lowest BCUT2D eigenvalue weighted by molar-refractivity contribution is 0.0691. The molecule has 0 heterocycles. The predicted octanol–water partition coefficient (Wildman–Crippen LogP) is 4.66. The van der Waals surface area contributed by atoms with Crippen molar-refractivity contribution in [2.75, 3.05) is 0 Å². The first-order chi connectivity index (χ1) is 6.23. The van der Waals surface area contributed by atoms with Crippen LogP contribution in [-0.4, -0.2) is 0 Å². The van der Waals surface area contributed by atoms with Gasteiger partial charge in [-0.2, -0.15) is 0 Å². The summed E-state index contributed by atoms with van der Waals surface area (Å²) in [5.74, 6) is 1.68. The molecule has 0 saturated heterocycles. The fourth-order valence-electron chi connectivity index (χ4n) is 2.73. The molecule has 1 aliphatic rings. The van der Waals surface area contributed by atoms with Crippen molar-refractivity contribution in [2.45, 2.75) is 54.4 Å². The van der Waals surface area contributed by atoms with Crippen LogP contribution in [0, 0.1) is 22.7 Å². The monoisotopic (exact) mass is 194 g/mol. The first kappa shape index (κ1) is 11.8. The number of hydrogen-bond donors (Lipinski definition) is 0. The highest BCUT2D eigenvalue weighted by Gasteiger charge is 2.38. The van der Waals surface area contributed by atoms with E-state index in [1.807, 2.05) is 0 Å². The van der Waals surface area contributed by atoms with Gasteiger partial charge in [0.05, 0.1) is 0 Å². The smallest absolute Gasteiger partial charge is 0.0294 e. The second-order valence-electron chi connectivity index (χ2n) is 6.89. The van der Waals surface area contributed by atoms with Gasteiger partial charge >= 0.3 is 0 Å². The summed E-state index contributed by atoms with van der Waals surface area (Å²) in [7, 11) is 0. The SMILES string of the molecule is CC(C)(C)[C@@H]1CC=CC[C@@H]1C(C)(C)C. The van der Waals surface area contributed by atoms with Gasteiger partial charge in [0.2, 0.25) is 0 Å². The van der Waals surface area contributed by atoms with E-state index < -0.39 is 0 Å². The quantitative estimate of drug-likeness (QED) is 0.492. The molecule has 0 saturated carbocycles. The van der Waals surface area contributed by atoms with E-state index in [2.05, 4.69) is 53.7 Å². The van der Waals surface area contributed by atoms with Crippen LogP contribution in [0.5, 0.6) is 0 Å². The van der Waals surface area contributed by atoms with E-state index in [9.17, 15) is 0 Å². The van der Waals surface area contributed by atoms with Crippen LogP contribution >= 0.6 is 0 Å². The van der Waals surface area contributed by atoms with E-state index in [1.165, 1.54) is 12.8 Å². The van der Waals surface area contributed by atoms with Gasteiger partial charge in [-0.1, -0.05) is 53.7 Å². The Bertz CT molecular complexity index is 185. The predicted molar refractivity (Wildman–Crippen MR) is 64.3 cm³/mol. The van der Waals surface area contributed by atoms with E-state index in [0.717, 1.165) is 11.8 Å². The molecule has 0 N–H and O–H groups in total. The molecule has 0 aromatic rings. The van der Waals surface area contributed by atoms with Gasteiger partial charge in [-0.15, -0.1) is 0 Å². The van der Waals surface area contributed by atoms with Crippen molar-refractivity contribution in [1.82, 2.24) is 0 Å². The molecule has 0 aromatic heterocycles. The third-order valence-electron chi connectivity index (χ3n) is 3.66. The summed E-state index contributed by atoms with van der Waals surface area (Å²) >= 11 is 0. The van der Waals surface area contributed by atoms with Crippen molar-refractivity contribution in [2.24, 2.45) is 22.7 Å². The molecule has 0 bridgehead atoms. The van der Waals surface area contributed by atoms with Gasteiger partial charge in [-0.25, -0.2) is 0 Å². The summed E-state index contributed by atoms with van der Waals surface area (Å²) in [5.41, 5.74) is 0.894. The first-order valence-electron chi connectivity index (χ1n) is 5.88. The van der Waals surface area contributed by atoms with Gasteiger partial charge in [0.25, 0.3) is 0 Å². The van der Waals surface area contributed by atoms with Crippen LogP contribution in [0.1, 0.15) is 54.4 Å². The second-order valence-corrected chi connectivity index (χ2v) is 6.89. The third-order valence-corrected chi connectivity index (χ3v) is 3.66. The highest BCUT2D eigenvalue weighted by atomic mass is 14.4. The summed E-state index contributed by atoms with van der Waals surface area (Å²) in [5, 5.41) is 0. The van der Waals surface area contributed by atoms with Crippen LogP contribution in [0.25, 0.3) is 0 Å². The molecule has 1 rings (SSSR count). The van der Waals surface area contributed by atoms with E-state index >= 15 is 0 Å². The third kappa shape index (κ3) is 2.62. The summed E-state index contributed by atoms with van der Waals surface area (Å²) in [6.45, 7) is 14.3. The van der Waals surface area contributed by atoms with E-state index in [1.54, 1.807) is 0 Å². The maximum absolute atomic E-state index is 2.38. The molecule has 0 radical (unpaired) electrons. The molecule has 0 amide bonds. The Hall–Kier alpha value is -0.260. The zero-order valence-electron chi connectivity index (χ0n) is 10.7. The van der Waals surface area contributed by atoms with Crippen molar-refractivity contribution in [3.8, 4) is 0 Å². The maximum Gasteiger partial charge on any atom is -0.0294 e. The maximum atomic E-state index is 2.38. The Labute approximate surface area is 89.8 Å². The molecule has 0 aromatic carbocycles. The van der Waals surface area contributed by atoms with Crippen molar-refractivity contribution < 1.29 is 0 Å². The Balaban J connectivity index is 2.87. The first-order valence-corrected chi connectivity index (χ1v) is 5.88. The minimum absolute atomic E-state index is 0.447. The molecule has 0 unspecified atom stereocenters. The van der Waals surface area contributed by atoms with Crippen molar-refractivity contribution in [3.63, 3.8) is 0 Å². The van der Waals surface area contributed by atoms with Gasteiger partial charge < -0.3 is 0 Å². The van der Waals surface area contributed by atoms with E-state index in [-0.39, 0.29) is 0 Å². The topological polar surface area (TPSA) is 0 Å². The second kappa shape index (κ2) is 3.72. The fraction of sp³-hybridized carbons (Fsp3) is 0.857. The van der Waals surface area contributed by atoms with Crippen LogP contribution in [-0.2, 0) is 0 Å². The largest absolute Gasteiger partial charge is 0.0882 e. The zero-order chi connectivity index (χ0) is 11.0. The summed E-state index contributed by atoms with van der Waals surface area (Å²) in [4.78, 5) is 0. The summed E-state index contributed by atoms with van der Waals surface area (Å²) < 4.78 is 0. The summed E-state index contributed by atoms with van der Waals surface area (Å²) in [6, 6.07) is 0. The highest BCUT2D eigenvalue weighted by Crippen LogP contribution is 2.46. The lowest BCUT2D eigenvalue weighted by Gasteiger charge is -2.45. The average Bonchev–Trinajstić information content (AvgIpc) is 2.01. The minimum atomic E-state index is 0.447. The van der Waals surface area contributed by atoms with E-state index in [4.69, 9.17) is 0 Å². The minimum Gasteiger partial charge on any atom is -0.0882 e. The number of rotatable bonds is 0. The number of allylic oxidation sites excluding steroid dienone is 2. The van der Waals surface area contributed by atoms with Crippen LogP contribution < -0.4 is 0 Å². The molecule has 0 aliphatic heterocycles. The fourth-order valence-corrected chi connectivity index (χ4v) is 2.73. The standard InChI is InChI=1S/C14H26/c1-13(2,3)11-9-7-8-10-12(11)14(4,5)6/h7-8,11-12H,9-10H2,1-6H3/t11-,12+.